The van der Waals surface area contributed by atoms with Crippen molar-refractivity contribution in [1.82, 2.24) is 9.97 Å². The van der Waals surface area contributed by atoms with Crippen molar-refractivity contribution < 1.29 is 24.2 Å². The number of Topliss-reactive ketones (excluding diaryl/α,β-unsaturated/α-hetero) is 1. The van der Waals surface area contributed by atoms with Crippen LogP contribution in [-0.4, -0.2) is 40.0 Å². The van der Waals surface area contributed by atoms with E-state index in [0.717, 1.165) is 16.6 Å². The lowest BCUT2D eigenvalue weighted by molar-refractivity contribution is -0.132. The number of nitrogens with zero attached hydrogens (tertiary/aromatic N) is 2. The summed E-state index contributed by atoms with van der Waals surface area (Å²) in [5.74, 6) is -0.353. The van der Waals surface area contributed by atoms with Crippen LogP contribution >= 0.6 is 0 Å². The van der Waals surface area contributed by atoms with Crippen LogP contribution in [0.2, 0.25) is 0 Å². The Hall–Kier alpha value is -4.59. The third kappa shape index (κ3) is 4.38. The molecule has 1 atom stereocenters. The van der Waals surface area contributed by atoms with E-state index in [9.17, 15) is 14.7 Å². The van der Waals surface area contributed by atoms with Crippen LogP contribution in [-0.2, 0) is 9.59 Å². The first kappa shape index (κ1) is 25.1. The molecule has 1 aliphatic heterocycles. The number of nitrogens with one attached hydrogen (secondary N) is 1. The maximum Gasteiger partial charge on any atom is 0.302 e. The number of hydrogen-bond donors (Lipinski definition) is 2. The summed E-state index contributed by atoms with van der Waals surface area (Å²) in [6.07, 6.45) is -0.00812. The molecule has 1 saturated heterocycles. The van der Waals surface area contributed by atoms with Crippen molar-refractivity contribution in [1.29, 1.82) is 0 Å². The molecule has 4 aromatic rings. The fourth-order valence-corrected chi connectivity index (χ4v) is 4.64. The number of amides is 1. The number of aliphatic hydroxyl groups excluding tert-OH is 1. The van der Waals surface area contributed by atoms with Crippen molar-refractivity contribution in [2.24, 2.45) is 0 Å². The minimum atomic E-state index is -0.907. The first-order chi connectivity index (χ1) is 18.2. The zero-order chi connectivity index (χ0) is 27.1. The van der Waals surface area contributed by atoms with Gasteiger partial charge in [0.1, 0.15) is 17.3 Å². The van der Waals surface area contributed by atoms with Crippen molar-refractivity contribution in [3.05, 3.63) is 88.5 Å². The summed E-state index contributed by atoms with van der Waals surface area (Å²) in [5, 5.41) is 11.4. The molecule has 0 radical (unpaired) electrons. The van der Waals surface area contributed by atoms with E-state index >= 15 is 0 Å². The highest BCUT2D eigenvalue weighted by atomic mass is 16.5. The van der Waals surface area contributed by atoms with Crippen LogP contribution in [0, 0.1) is 13.8 Å². The molecule has 0 aliphatic carbocycles. The van der Waals surface area contributed by atoms with Gasteiger partial charge in [-0.15, -0.1) is 0 Å². The molecule has 8 nitrogen and oxygen atoms in total. The Bertz CT molecular complexity index is 1530. The Labute approximate surface area is 220 Å². The fourth-order valence-electron chi connectivity index (χ4n) is 4.64. The number of carbonyl (C=O) groups excluding carboxylic acids is 2. The topological polar surface area (TPSA) is 105 Å². The van der Waals surface area contributed by atoms with Gasteiger partial charge in [-0.3, -0.25) is 14.5 Å². The summed E-state index contributed by atoms with van der Waals surface area (Å²) in [5.41, 5.74) is 4.57. The number of benzene rings is 3. The van der Waals surface area contributed by atoms with Gasteiger partial charge in [-0.05, 0) is 92.9 Å². The maximum absolute atomic E-state index is 13.5. The normalized spacial score (nSPS) is 17.0. The number of anilines is 1. The van der Waals surface area contributed by atoms with Crippen LogP contribution in [0.5, 0.6) is 11.5 Å². The molecular weight excluding hydrogens is 482 g/mol. The predicted octanol–water partition coefficient (Wildman–Crippen LogP) is 5.60. The lowest BCUT2D eigenvalue weighted by Gasteiger charge is -2.23. The second-order valence-corrected chi connectivity index (χ2v) is 9.65. The van der Waals surface area contributed by atoms with Crippen molar-refractivity contribution in [3.63, 3.8) is 0 Å². The van der Waals surface area contributed by atoms with E-state index in [1.807, 2.05) is 39.8 Å². The number of H-pyrrole nitrogens is 1. The largest absolute Gasteiger partial charge is 0.507 e. The lowest BCUT2D eigenvalue weighted by atomic mass is 9.95. The second-order valence-electron chi connectivity index (χ2n) is 9.65. The molecule has 0 saturated carbocycles. The first-order valence-corrected chi connectivity index (χ1v) is 12.4. The van der Waals surface area contributed by atoms with Gasteiger partial charge in [0.05, 0.1) is 35.9 Å². The monoisotopic (exact) mass is 511 g/mol. The molecule has 5 rings (SSSR count). The summed E-state index contributed by atoms with van der Waals surface area (Å²) in [6.45, 7) is 7.83. The number of rotatable bonds is 6. The first-order valence-electron chi connectivity index (χ1n) is 12.4. The minimum Gasteiger partial charge on any atom is -0.507 e. The number of aromatic amines is 1. The molecule has 1 amide bonds. The molecule has 0 spiro atoms. The standard InChI is InChI=1S/C30H29N3O5/c1-16(2)38-22-12-8-20(9-13-22)27(34)25-26(19-6-10-21(37-5)11-7-19)33(29(36)28(25)35)30-31-23-14-17(3)18(4)15-24(23)32-30/h6-16,26,34H,1-5H3,(H,31,32)/b27-25+. The van der Waals surface area contributed by atoms with Crippen molar-refractivity contribution in [3.8, 4) is 11.5 Å². The van der Waals surface area contributed by atoms with Gasteiger partial charge in [0, 0.05) is 5.56 Å². The van der Waals surface area contributed by atoms with Gasteiger partial charge in [-0.2, -0.15) is 0 Å². The molecule has 194 valence electrons. The number of hydrogen-bond acceptors (Lipinski definition) is 6. The molecule has 1 fully saturated rings. The quantitative estimate of drug-likeness (QED) is 0.198. The van der Waals surface area contributed by atoms with Gasteiger partial charge in [-0.1, -0.05) is 12.1 Å². The summed E-state index contributed by atoms with van der Waals surface area (Å²) >= 11 is 0. The van der Waals surface area contributed by atoms with Gasteiger partial charge in [0.25, 0.3) is 5.78 Å². The predicted molar refractivity (Wildman–Crippen MR) is 146 cm³/mol. The van der Waals surface area contributed by atoms with E-state index in [4.69, 9.17) is 9.47 Å². The van der Waals surface area contributed by atoms with Gasteiger partial charge < -0.3 is 19.6 Å². The Morgan fingerprint density at radius 2 is 1.61 bits per heavy atom. The maximum atomic E-state index is 13.5. The summed E-state index contributed by atoms with van der Waals surface area (Å²) in [4.78, 5) is 36.1. The number of aliphatic hydroxyl groups is 1. The van der Waals surface area contributed by atoms with E-state index in [-0.39, 0.29) is 23.4 Å². The molecule has 0 bridgehead atoms. The highest BCUT2D eigenvalue weighted by molar-refractivity contribution is 6.51. The zero-order valence-electron chi connectivity index (χ0n) is 21.9. The lowest BCUT2D eigenvalue weighted by Crippen LogP contribution is -2.30. The van der Waals surface area contributed by atoms with Crippen molar-refractivity contribution in [2.45, 2.75) is 39.8 Å². The molecule has 2 N–H and O–H groups in total. The van der Waals surface area contributed by atoms with Gasteiger partial charge in [0.15, 0.2) is 0 Å². The van der Waals surface area contributed by atoms with Gasteiger partial charge >= 0.3 is 5.91 Å². The van der Waals surface area contributed by atoms with Crippen LogP contribution in [0.4, 0.5) is 5.95 Å². The SMILES string of the molecule is COc1ccc(C2/C(=C(\O)c3ccc(OC(C)C)cc3)C(=O)C(=O)N2c2nc3cc(C)c(C)cc3[nH]2)cc1. The molecule has 1 unspecified atom stereocenters. The van der Waals surface area contributed by atoms with Crippen LogP contribution in [0.15, 0.2) is 66.2 Å². The van der Waals surface area contributed by atoms with Crippen LogP contribution in [0.25, 0.3) is 16.8 Å². The van der Waals surface area contributed by atoms with E-state index in [1.165, 1.54) is 4.90 Å². The Balaban J connectivity index is 1.66. The van der Waals surface area contributed by atoms with Crippen LogP contribution in [0.3, 0.4) is 0 Å². The number of carbonyl (C=O) groups is 2. The molecule has 1 aliphatic rings. The van der Waals surface area contributed by atoms with Crippen molar-refractivity contribution >= 4 is 34.4 Å². The van der Waals surface area contributed by atoms with Gasteiger partial charge in [0.2, 0.25) is 5.95 Å². The van der Waals surface area contributed by atoms with Crippen LogP contribution in [0.1, 0.15) is 42.1 Å². The number of fused-ring (bicyclic) bond motifs is 1. The number of ketones is 1. The average Bonchev–Trinajstić information content (AvgIpc) is 3.41. The molecule has 38 heavy (non-hydrogen) atoms. The number of ether oxygens (including phenoxy) is 2. The third-order valence-corrected chi connectivity index (χ3v) is 6.69. The molecule has 2 heterocycles. The summed E-state index contributed by atoms with van der Waals surface area (Å²) in [7, 11) is 1.56. The zero-order valence-corrected chi connectivity index (χ0v) is 21.9. The van der Waals surface area contributed by atoms with Gasteiger partial charge in [-0.25, -0.2) is 4.98 Å². The number of methoxy groups -OCH3 is 1. The minimum absolute atomic E-state index is 0.00812. The fraction of sp³-hybridized carbons (Fsp3) is 0.233. The highest BCUT2D eigenvalue weighted by Gasteiger charge is 2.48. The molecule has 1 aromatic heterocycles. The summed E-state index contributed by atoms with van der Waals surface area (Å²) < 4.78 is 11.0. The molecular formula is C30H29N3O5. The molecule has 8 heteroatoms. The Morgan fingerprint density at radius 1 is 0.974 bits per heavy atom. The second kappa shape index (κ2) is 9.70. The van der Waals surface area contributed by atoms with Crippen molar-refractivity contribution in [2.75, 3.05) is 12.0 Å². The van der Waals surface area contributed by atoms with Crippen LogP contribution < -0.4 is 14.4 Å². The summed E-state index contributed by atoms with van der Waals surface area (Å²) in [6, 6.07) is 16.8. The average molecular weight is 512 g/mol. The molecule has 3 aromatic carbocycles. The number of aromatic nitrogens is 2. The van der Waals surface area contributed by atoms with E-state index in [2.05, 4.69) is 9.97 Å². The number of imidazole rings is 1. The third-order valence-electron chi connectivity index (χ3n) is 6.69. The van der Waals surface area contributed by atoms with E-state index < -0.39 is 17.7 Å². The van der Waals surface area contributed by atoms with E-state index in [0.29, 0.717) is 28.1 Å². The number of aryl methyl sites for hydroxylation is 2. The Morgan fingerprint density at radius 3 is 2.24 bits per heavy atom. The smallest absolute Gasteiger partial charge is 0.302 e. The van der Waals surface area contributed by atoms with E-state index in [1.54, 1.807) is 55.6 Å². The highest BCUT2D eigenvalue weighted by Crippen LogP contribution is 2.42. The Kier molecular flexibility index (Phi) is 6.40.